The van der Waals surface area contributed by atoms with Crippen LogP contribution in [0.3, 0.4) is 0 Å². The Balaban J connectivity index is 1.91. The maximum absolute atomic E-state index is 9.62. The smallest absolute Gasteiger partial charge is 0.130 e. The average Bonchev–Trinajstić information content (AvgIpc) is 2.58. The summed E-state index contributed by atoms with van der Waals surface area (Å²) in [7, 11) is 0. The van der Waals surface area contributed by atoms with Crippen LogP contribution in [0.15, 0.2) is 48.7 Å². The Hall–Kier alpha value is -1.91. The third-order valence-electron chi connectivity index (χ3n) is 3.60. The normalized spacial score (nSPS) is 13.6. The number of aromatic nitrogens is 1. The van der Waals surface area contributed by atoms with Gasteiger partial charge >= 0.3 is 0 Å². The minimum absolute atomic E-state index is 0.166. The molecule has 118 valence electrons. The molecule has 22 heavy (non-hydrogen) atoms. The van der Waals surface area contributed by atoms with Crippen molar-refractivity contribution in [3.63, 3.8) is 0 Å². The molecule has 0 aliphatic rings. The Morgan fingerprint density at radius 2 is 2.09 bits per heavy atom. The van der Waals surface area contributed by atoms with Gasteiger partial charge in [0.2, 0.25) is 0 Å². The molecule has 1 aromatic heterocycles. The van der Waals surface area contributed by atoms with Crippen molar-refractivity contribution < 1.29 is 9.84 Å². The third-order valence-corrected chi connectivity index (χ3v) is 3.60. The largest absolute Gasteiger partial charge is 0.487 e. The van der Waals surface area contributed by atoms with Gasteiger partial charge in [-0.3, -0.25) is 4.98 Å². The summed E-state index contributed by atoms with van der Waals surface area (Å²) in [5.74, 6) is 0.827. The molecule has 0 spiro atoms. The molecule has 1 aromatic carbocycles. The molecule has 0 amide bonds. The lowest BCUT2D eigenvalue weighted by Gasteiger charge is -2.17. The van der Waals surface area contributed by atoms with Crippen LogP contribution in [0.1, 0.15) is 37.6 Å². The Bertz CT molecular complexity index is 560. The predicted molar refractivity (Wildman–Crippen MR) is 87.7 cm³/mol. The molecule has 0 saturated carbocycles. The molecule has 4 heteroatoms. The first-order chi connectivity index (χ1) is 10.7. The number of hydrogen-bond donors (Lipinski definition) is 2. The lowest BCUT2D eigenvalue weighted by atomic mass is 10.1. The molecule has 0 bridgehead atoms. The number of hydrogen-bond acceptors (Lipinski definition) is 4. The second kappa shape index (κ2) is 8.51. The second-order valence-electron chi connectivity index (χ2n) is 5.37. The number of nitrogens with one attached hydrogen (secondary N) is 1. The number of ether oxygens (including phenoxy) is 1. The average molecular weight is 300 g/mol. The van der Waals surface area contributed by atoms with Gasteiger partial charge in [0.1, 0.15) is 12.4 Å². The molecule has 2 unspecified atom stereocenters. The summed E-state index contributed by atoms with van der Waals surface area (Å²) < 4.78 is 5.79. The SMILES string of the molecule is CCC(O)CNC(C)c1cccc(OCc2ccccn2)c1. The molecule has 2 rings (SSSR count). The number of pyridine rings is 1. The molecule has 2 aromatic rings. The van der Waals surface area contributed by atoms with E-state index in [9.17, 15) is 5.11 Å². The number of benzene rings is 1. The van der Waals surface area contributed by atoms with Crippen LogP contribution < -0.4 is 10.1 Å². The fourth-order valence-corrected chi connectivity index (χ4v) is 2.09. The van der Waals surface area contributed by atoms with E-state index >= 15 is 0 Å². The van der Waals surface area contributed by atoms with Gasteiger partial charge in [0, 0.05) is 18.8 Å². The van der Waals surface area contributed by atoms with Gasteiger partial charge in [0.15, 0.2) is 0 Å². The van der Waals surface area contributed by atoms with Crippen molar-refractivity contribution in [3.05, 3.63) is 59.9 Å². The van der Waals surface area contributed by atoms with Crippen molar-refractivity contribution in [1.82, 2.24) is 10.3 Å². The second-order valence-corrected chi connectivity index (χ2v) is 5.37. The van der Waals surface area contributed by atoms with E-state index in [1.165, 1.54) is 0 Å². The van der Waals surface area contributed by atoms with Crippen LogP contribution in [0.25, 0.3) is 0 Å². The topological polar surface area (TPSA) is 54.4 Å². The van der Waals surface area contributed by atoms with E-state index in [-0.39, 0.29) is 12.1 Å². The molecular formula is C18H24N2O2. The highest BCUT2D eigenvalue weighted by atomic mass is 16.5. The minimum atomic E-state index is -0.300. The standard InChI is InChI=1S/C18H24N2O2/c1-3-17(21)12-20-14(2)15-7-6-9-18(11-15)22-13-16-8-4-5-10-19-16/h4-11,14,17,20-21H,3,12-13H2,1-2H3. The summed E-state index contributed by atoms with van der Waals surface area (Å²) in [5, 5.41) is 13.0. The highest BCUT2D eigenvalue weighted by molar-refractivity contribution is 5.30. The maximum Gasteiger partial charge on any atom is 0.130 e. The highest BCUT2D eigenvalue weighted by Gasteiger charge is 2.08. The molecular weight excluding hydrogens is 276 g/mol. The number of rotatable bonds is 8. The first-order valence-electron chi connectivity index (χ1n) is 7.73. The van der Waals surface area contributed by atoms with Crippen LogP contribution in [0.2, 0.25) is 0 Å². The summed E-state index contributed by atoms with van der Waals surface area (Å²) in [4.78, 5) is 4.24. The molecule has 0 aliphatic heterocycles. The summed E-state index contributed by atoms with van der Waals surface area (Å²) in [5.41, 5.74) is 2.05. The number of aliphatic hydroxyl groups is 1. The first-order valence-corrected chi connectivity index (χ1v) is 7.73. The molecule has 0 radical (unpaired) electrons. The summed E-state index contributed by atoms with van der Waals surface area (Å²) in [6.45, 7) is 5.11. The van der Waals surface area contributed by atoms with Crippen LogP contribution >= 0.6 is 0 Å². The fraction of sp³-hybridized carbons (Fsp3) is 0.389. The van der Waals surface area contributed by atoms with Crippen molar-refractivity contribution in [1.29, 1.82) is 0 Å². The monoisotopic (exact) mass is 300 g/mol. The number of nitrogens with zero attached hydrogens (tertiary/aromatic N) is 1. The van der Waals surface area contributed by atoms with Crippen molar-refractivity contribution in [2.75, 3.05) is 6.54 Å². The third kappa shape index (κ3) is 5.13. The first kappa shape index (κ1) is 16.5. The van der Waals surface area contributed by atoms with E-state index in [4.69, 9.17) is 4.74 Å². The number of aliphatic hydroxyl groups excluding tert-OH is 1. The molecule has 2 atom stereocenters. The van der Waals surface area contributed by atoms with Crippen molar-refractivity contribution in [2.24, 2.45) is 0 Å². The van der Waals surface area contributed by atoms with E-state index in [1.807, 2.05) is 43.3 Å². The molecule has 0 saturated heterocycles. The van der Waals surface area contributed by atoms with Gasteiger partial charge in [-0.15, -0.1) is 0 Å². The minimum Gasteiger partial charge on any atom is -0.487 e. The quantitative estimate of drug-likeness (QED) is 0.786. The highest BCUT2D eigenvalue weighted by Crippen LogP contribution is 2.20. The zero-order chi connectivity index (χ0) is 15.8. The zero-order valence-corrected chi connectivity index (χ0v) is 13.2. The van der Waals surface area contributed by atoms with Crippen LogP contribution in [0.5, 0.6) is 5.75 Å². The van der Waals surface area contributed by atoms with Gasteiger partial charge < -0.3 is 15.2 Å². The summed E-state index contributed by atoms with van der Waals surface area (Å²) in [6.07, 6.45) is 2.22. The van der Waals surface area contributed by atoms with Crippen molar-refractivity contribution >= 4 is 0 Å². The van der Waals surface area contributed by atoms with Crippen LogP contribution in [0, 0.1) is 0 Å². The summed E-state index contributed by atoms with van der Waals surface area (Å²) >= 11 is 0. The molecule has 2 N–H and O–H groups in total. The Morgan fingerprint density at radius 3 is 2.82 bits per heavy atom. The predicted octanol–water partition coefficient (Wildman–Crippen LogP) is 3.08. The van der Waals surface area contributed by atoms with Crippen LogP contribution in [0.4, 0.5) is 0 Å². The van der Waals surface area contributed by atoms with E-state index in [2.05, 4.69) is 23.3 Å². The van der Waals surface area contributed by atoms with E-state index in [0.29, 0.717) is 13.2 Å². The fourth-order valence-electron chi connectivity index (χ4n) is 2.09. The van der Waals surface area contributed by atoms with Crippen LogP contribution in [-0.4, -0.2) is 22.7 Å². The van der Waals surface area contributed by atoms with E-state index in [1.54, 1.807) is 6.20 Å². The van der Waals surface area contributed by atoms with Crippen LogP contribution in [-0.2, 0) is 6.61 Å². The molecule has 4 nitrogen and oxygen atoms in total. The van der Waals surface area contributed by atoms with Gasteiger partial charge in [-0.1, -0.05) is 25.1 Å². The summed E-state index contributed by atoms with van der Waals surface area (Å²) in [6, 6.07) is 14.0. The van der Waals surface area contributed by atoms with Gasteiger partial charge in [-0.05, 0) is 43.2 Å². The van der Waals surface area contributed by atoms with Gasteiger partial charge in [-0.2, -0.15) is 0 Å². The van der Waals surface area contributed by atoms with Gasteiger partial charge in [-0.25, -0.2) is 0 Å². The van der Waals surface area contributed by atoms with E-state index < -0.39 is 0 Å². The Morgan fingerprint density at radius 1 is 1.23 bits per heavy atom. The molecule has 1 heterocycles. The van der Waals surface area contributed by atoms with E-state index in [0.717, 1.165) is 23.4 Å². The molecule has 0 aliphatic carbocycles. The lowest BCUT2D eigenvalue weighted by Crippen LogP contribution is -2.28. The lowest BCUT2D eigenvalue weighted by molar-refractivity contribution is 0.163. The Labute approximate surface area is 132 Å². The zero-order valence-electron chi connectivity index (χ0n) is 13.2. The van der Waals surface area contributed by atoms with Gasteiger partial charge in [0.05, 0.1) is 11.8 Å². The maximum atomic E-state index is 9.62. The van der Waals surface area contributed by atoms with Crippen molar-refractivity contribution in [3.8, 4) is 5.75 Å². The Kier molecular flexibility index (Phi) is 6.37. The van der Waals surface area contributed by atoms with Gasteiger partial charge in [0.25, 0.3) is 0 Å². The molecule has 0 fully saturated rings. The van der Waals surface area contributed by atoms with Crippen molar-refractivity contribution in [2.45, 2.75) is 39.0 Å².